The van der Waals surface area contributed by atoms with Crippen LogP contribution in [0.4, 0.5) is 10.2 Å². The monoisotopic (exact) mass is 574 g/mol. The summed E-state index contributed by atoms with van der Waals surface area (Å²) >= 11 is 6.26. The van der Waals surface area contributed by atoms with Crippen LogP contribution in [0.2, 0.25) is 5.02 Å². The largest absolute Gasteiger partial charge is 0.357 e. The molecule has 1 fully saturated rings. The average Bonchev–Trinajstić information content (AvgIpc) is 3.21. The van der Waals surface area contributed by atoms with Gasteiger partial charge in [0.15, 0.2) is 5.96 Å². The highest BCUT2D eigenvalue weighted by Crippen LogP contribution is 2.25. The van der Waals surface area contributed by atoms with Gasteiger partial charge in [-0.05, 0) is 50.1 Å². The molecule has 1 aliphatic heterocycles. The first-order valence-electron chi connectivity index (χ1n) is 10.4. The van der Waals surface area contributed by atoms with Crippen LogP contribution in [-0.2, 0) is 0 Å². The van der Waals surface area contributed by atoms with Crippen LogP contribution in [-0.4, -0.2) is 55.6 Å². The van der Waals surface area contributed by atoms with Crippen molar-refractivity contribution in [1.29, 1.82) is 0 Å². The van der Waals surface area contributed by atoms with E-state index in [1.807, 2.05) is 19.1 Å². The number of carbonyl (C=O) groups is 1. The smallest absolute Gasteiger partial charge is 0.251 e. The minimum absolute atomic E-state index is 0. The summed E-state index contributed by atoms with van der Waals surface area (Å²) in [6.07, 6.45) is 2.68. The fourth-order valence-electron chi connectivity index (χ4n) is 3.37. The van der Waals surface area contributed by atoms with Gasteiger partial charge in [0.25, 0.3) is 5.91 Å². The fourth-order valence-corrected chi connectivity index (χ4v) is 3.61. The van der Waals surface area contributed by atoms with Gasteiger partial charge in [0.05, 0.1) is 11.6 Å². The van der Waals surface area contributed by atoms with E-state index in [0.29, 0.717) is 35.2 Å². The third-order valence-electron chi connectivity index (χ3n) is 5.01. The molecular formula is C22H29ClFIN6O. The topological polar surface area (TPSA) is 81.6 Å². The maximum Gasteiger partial charge on any atom is 0.251 e. The van der Waals surface area contributed by atoms with Gasteiger partial charge in [0.1, 0.15) is 11.6 Å². The molecule has 1 aromatic carbocycles. The van der Waals surface area contributed by atoms with Crippen LogP contribution < -0.4 is 20.9 Å². The van der Waals surface area contributed by atoms with Crippen LogP contribution in [0.5, 0.6) is 0 Å². The van der Waals surface area contributed by atoms with Crippen LogP contribution in [0, 0.1) is 12.7 Å². The van der Waals surface area contributed by atoms with E-state index in [2.05, 4.69) is 30.8 Å². The Bertz CT molecular complexity index is 944. The van der Waals surface area contributed by atoms with Gasteiger partial charge in [-0.15, -0.1) is 24.0 Å². The van der Waals surface area contributed by atoms with Crippen molar-refractivity contribution in [2.45, 2.75) is 26.3 Å². The first kappa shape index (κ1) is 26.1. The lowest BCUT2D eigenvalue weighted by Crippen LogP contribution is -2.45. The first-order chi connectivity index (χ1) is 15.0. The minimum Gasteiger partial charge on any atom is -0.357 e. The Labute approximate surface area is 210 Å². The molecule has 2 heterocycles. The molecule has 10 heteroatoms. The Hall–Kier alpha value is -2.14. The molecule has 1 amide bonds. The SMILES string of the molecule is CCNC(=NCCNC(=O)c1ccc(C)c(F)c1)NC1CCN(c2ncccc2Cl)C1.I. The molecule has 1 atom stereocenters. The first-order valence-corrected chi connectivity index (χ1v) is 10.8. The lowest BCUT2D eigenvalue weighted by atomic mass is 10.1. The molecule has 0 radical (unpaired) electrons. The Morgan fingerprint density at radius 3 is 2.88 bits per heavy atom. The predicted octanol–water partition coefficient (Wildman–Crippen LogP) is 3.36. The molecule has 0 aliphatic carbocycles. The Kier molecular flexibility index (Phi) is 10.4. The second-order valence-electron chi connectivity index (χ2n) is 7.37. The molecule has 3 N–H and O–H groups in total. The third kappa shape index (κ3) is 7.19. The van der Waals surface area contributed by atoms with Gasteiger partial charge in [-0.3, -0.25) is 9.79 Å². The summed E-state index contributed by atoms with van der Waals surface area (Å²) in [5, 5.41) is 10.1. The normalized spacial score (nSPS) is 15.8. The highest BCUT2D eigenvalue weighted by Gasteiger charge is 2.25. The van der Waals surface area contributed by atoms with E-state index >= 15 is 0 Å². The summed E-state index contributed by atoms with van der Waals surface area (Å²) in [7, 11) is 0. The van der Waals surface area contributed by atoms with Crippen molar-refractivity contribution in [2.75, 3.05) is 37.6 Å². The second-order valence-corrected chi connectivity index (χ2v) is 7.77. The average molecular weight is 575 g/mol. The molecule has 2 aromatic rings. The Balaban J connectivity index is 0.00000363. The Morgan fingerprint density at radius 2 is 2.16 bits per heavy atom. The van der Waals surface area contributed by atoms with Crippen molar-refractivity contribution in [3.63, 3.8) is 0 Å². The van der Waals surface area contributed by atoms with Crippen molar-refractivity contribution in [2.24, 2.45) is 4.99 Å². The van der Waals surface area contributed by atoms with E-state index in [9.17, 15) is 9.18 Å². The van der Waals surface area contributed by atoms with Gasteiger partial charge in [-0.25, -0.2) is 9.37 Å². The van der Waals surface area contributed by atoms with Crippen LogP contribution in [0.25, 0.3) is 0 Å². The zero-order chi connectivity index (χ0) is 22.2. The van der Waals surface area contributed by atoms with Crippen molar-refractivity contribution in [3.8, 4) is 0 Å². The van der Waals surface area contributed by atoms with Gasteiger partial charge in [0, 0.05) is 44.0 Å². The Morgan fingerprint density at radius 1 is 1.34 bits per heavy atom. The molecule has 7 nitrogen and oxygen atoms in total. The lowest BCUT2D eigenvalue weighted by molar-refractivity contribution is 0.0954. The third-order valence-corrected chi connectivity index (χ3v) is 5.31. The molecule has 3 rings (SSSR count). The van der Waals surface area contributed by atoms with E-state index in [0.717, 1.165) is 31.9 Å². The summed E-state index contributed by atoms with van der Waals surface area (Å²) in [4.78, 5) is 23.2. The van der Waals surface area contributed by atoms with Gasteiger partial charge >= 0.3 is 0 Å². The van der Waals surface area contributed by atoms with Crippen molar-refractivity contribution >= 4 is 53.3 Å². The molecule has 1 unspecified atom stereocenters. The number of benzene rings is 1. The molecule has 32 heavy (non-hydrogen) atoms. The maximum absolute atomic E-state index is 13.6. The number of anilines is 1. The molecule has 1 aromatic heterocycles. The summed E-state index contributed by atoms with van der Waals surface area (Å²) < 4.78 is 13.6. The van der Waals surface area contributed by atoms with Crippen LogP contribution in [0.3, 0.4) is 0 Å². The molecular weight excluding hydrogens is 546 g/mol. The number of hydrogen-bond acceptors (Lipinski definition) is 4. The van der Waals surface area contributed by atoms with E-state index < -0.39 is 0 Å². The van der Waals surface area contributed by atoms with E-state index in [-0.39, 0.29) is 41.7 Å². The predicted molar refractivity (Wildman–Crippen MR) is 138 cm³/mol. The molecule has 0 bridgehead atoms. The number of nitrogens with one attached hydrogen (secondary N) is 3. The van der Waals surface area contributed by atoms with Gasteiger partial charge in [-0.1, -0.05) is 17.7 Å². The maximum atomic E-state index is 13.6. The highest BCUT2D eigenvalue weighted by molar-refractivity contribution is 14.0. The van der Waals surface area contributed by atoms with Crippen molar-refractivity contribution in [3.05, 3.63) is 58.5 Å². The quantitative estimate of drug-likeness (QED) is 0.205. The second kappa shape index (κ2) is 12.8. The van der Waals surface area contributed by atoms with Gasteiger partial charge in [-0.2, -0.15) is 0 Å². The number of hydrogen-bond donors (Lipinski definition) is 3. The summed E-state index contributed by atoms with van der Waals surface area (Å²) in [5.41, 5.74) is 0.814. The number of halogens is 3. The summed E-state index contributed by atoms with van der Waals surface area (Å²) in [5.74, 6) is 0.787. The number of pyridine rings is 1. The van der Waals surface area contributed by atoms with E-state index in [1.54, 1.807) is 25.3 Å². The lowest BCUT2D eigenvalue weighted by Gasteiger charge is -2.20. The molecule has 0 spiro atoms. The number of carbonyl (C=O) groups excluding carboxylic acids is 1. The zero-order valence-corrected chi connectivity index (χ0v) is 21.3. The van der Waals surface area contributed by atoms with Gasteiger partial charge in [0.2, 0.25) is 0 Å². The van der Waals surface area contributed by atoms with E-state index in [4.69, 9.17) is 11.6 Å². The van der Waals surface area contributed by atoms with Crippen LogP contribution in [0.1, 0.15) is 29.3 Å². The van der Waals surface area contributed by atoms with E-state index in [1.165, 1.54) is 6.07 Å². The number of rotatable bonds is 7. The molecule has 1 saturated heterocycles. The number of aromatic nitrogens is 1. The number of guanidine groups is 1. The number of amides is 1. The zero-order valence-electron chi connectivity index (χ0n) is 18.2. The van der Waals surface area contributed by atoms with Crippen molar-refractivity contribution in [1.82, 2.24) is 20.9 Å². The number of nitrogens with zero attached hydrogens (tertiary/aromatic N) is 3. The highest BCUT2D eigenvalue weighted by atomic mass is 127. The van der Waals surface area contributed by atoms with Gasteiger partial charge < -0.3 is 20.9 Å². The number of aliphatic imine (C=N–C) groups is 1. The minimum atomic E-state index is -0.387. The summed E-state index contributed by atoms with van der Waals surface area (Å²) in [6, 6.07) is 8.33. The standard InChI is InChI=1S/C22H28ClFN6O.HI/c1-3-25-22(28-11-10-27-21(31)16-7-6-15(2)19(24)13-16)29-17-8-12-30(14-17)20-18(23)5-4-9-26-20;/h4-7,9,13,17H,3,8,10-12,14H2,1-2H3,(H,27,31)(H2,25,28,29);1H. The number of aryl methyl sites for hydroxylation is 1. The fraction of sp³-hybridized carbons (Fsp3) is 0.409. The molecule has 0 saturated carbocycles. The van der Waals surface area contributed by atoms with Crippen molar-refractivity contribution < 1.29 is 9.18 Å². The molecule has 174 valence electrons. The van der Waals surface area contributed by atoms with Crippen LogP contribution in [0.15, 0.2) is 41.5 Å². The summed E-state index contributed by atoms with van der Waals surface area (Å²) in [6.45, 7) is 6.77. The van der Waals surface area contributed by atoms with Crippen LogP contribution >= 0.6 is 35.6 Å². The molecule has 1 aliphatic rings.